The fourth-order valence-corrected chi connectivity index (χ4v) is 8.12. The van der Waals surface area contributed by atoms with E-state index in [-0.39, 0.29) is 54.0 Å². The average molecular weight is 744 g/mol. The van der Waals surface area contributed by atoms with Crippen molar-refractivity contribution >= 4 is 57.2 Å². The van der Waals surface area contributed by atoms with Gasteiger partial charge in [0, 0.05) is 61.2 Å². The van der Waals surface area contributed by atoms with Crippen molar-refractivity contribution in [3.05, 3.63) is 47.5 Å². The first-order chi connectivity index (χ1) is 25.7. The van der Waals surface area contributed by atoms with Crippen molar-refractivity contribution in [1.29, 1.82) is 0 Å². The van der Waals surface area contributed by atoms with Gasteiger partial charge in [0.1, 0.15) is 12.1 Å². The zero-order valence-corrected chi connectivity index (χ0v) is 32.9. The van der Waals surface area contributed by atoms with Crippen molar-refractivity contribution in [2.24, 2.45) is 11.8 Å². The molecule has 2 aliphatic heterocycles. The number of hydrogen-bond acceptors (Lipinski definition) is 7. The van der Waals surface area contributed by atoms with Gasteiger partial charge >= 0.3 is 6.09 Å². The number of carbonyl (C=O) groups is 6. The van der Waals surface area contributed by atoms with Crippen LogP contribution in [0, 0.1) is 11.8 Å². The Labute approximate surface area is 318 Å². The highest BCUT2D eigenvalue weighted by Crippen LogP contribution is 2.33. The maximum Gasteiger partial charge on any atom is 0.407 e. The standard InChI is InChI=1S/C42H57N5O7/c1-8-9-18-45-34-21-28(23-36(49)32-12-10-19-46(32)40(51)38(25(2)3)43-27(6)48)14-16-30(34)31-17-15-29(22-35(31)45)24-37(50)33-13-11-20-47(33)41(52)39(26(4)5)44-42(53)54-7/h14-17,21-22,25-26,32-33,38-39H,8-13,18-20,23-24H2,1-7H3,(H,43,48)(H,44,53)/t32?,33-,38-,39-/m0/s1. The van der Waals surface area contributed by atoms with E-state index < -0.39 is 30.3 Å². The number of fused-ring (bicyclic) bond motifs is 3. The van der Waals surface area contributed by atoms with E-state index in [9.17, 15) is 28.8 Å². The number of amides is 4. The number of carbonyl (C=O) groups excluding carboxylic acids is 6. The third-order valence-corrected chi connectivity index (χ3v) is 11.0. The number of rotatable bonds is 15. The number of hydrogen-bond donors (Lipinski definition) is 2. The Balaban J connectivity index is 1.37. The minimum Gasteiger partial charge on any atom is -0.453 e. The summed E-state index contributed by atoms with van der Waals surface area (Å²) in [5.41, 5.74) is 3.76. The Bertz CT molecular complexity index is 1900. The van der Waals surface area contributed by atoms with E-state index in [1.807, 2.05) is 39.8 Å². The van der Waals surface area contributed by atoms with Crippen LogP contribution in [0.5, 0.6) is 0 Å². The maximum atomic E-state index is 13.8. The molecule has 12 heteroatoms. The number of nitrogens with one attached hydrogen (secondary N) is 2. The summed E-state index contributed by atoms with van der Waals surface area (Å²) in [6, 6.07) is 9.70. The first-order valence-corrected chi connectivity index (χ1v) is 19.6. The fourth-order valence-electron chi connectivity index (χ4n) is 8.12. The predicted molar refractivity (Wildman–Crippen MR) is 208 cm³/mol. The quantitative estimate of drug-likeness (QED) is 0.214. The number of methoxy groups -OCH3 is 1. The Morgan fingerprint density at radius 3 is 1.61 bits per heavy atom. The summed E-state index contributed by atoms with van der Waals surface area (Å²) in [6.07, 6.45) is 4.26. The molecule has 3 heterocycles. The van der Waals surface area contributed by atoms with Crippen molar-refractivity contribution in [3.63, 3.8) is 0 Å². The highest BCUT2D eigenvalue weighted by atomic mass is 16.5. The van der Waals surface area contributed by atoms with Gasteiger partial charge in [0.2, 0.25) is 17.7 Å². The minimum absolute atomic E-state index is 0.0113. The van der Waals surface area contributed by atoms with Crippen LogP contribution in [-0.4, -0.2) is 94.1 Å². The summed E-state index contributed by atoms with van der Waals surface area (Å²) in [5.74, 6) is -1.08. The molecular weight excluding hydrogens is 686 g/mol. The van der Waals surface area contributed by atoms with Crippen LogP contribution in [0.25, 0.3) is 21.8 Å². The van der Waals surface area contributed by atoms with Crippen molar-refractivity contribution in [2.45, 2.75) is 124 Å². The van der Waals surface area contributed by atoms with Gasteiger partial charge in [-0.2, -0.15) is 0 Å². The van der Waals surface area contributed by atoms with Gasteiger partial charge in [0.05, 0.1) is 19.2 Å². The Kier molecular flexibility index (Phi) is 13.2. The molecule has 1 aromatic heterocycles. The molecule has 12 nitrogen and oxygen atoms in total. The maximum absolute atomic E-state index is 13.8. The van der Waals surface area contributed by atoms with Crippen molar-refractivity contribution < 1.29 is 33.5 Å². The lowest BCUT2D eigenvalue weighted by atomic mass is 9.98. The number of Topliss-reactive ketones (excluding diaryl/α,β-unsaturated/α-hetero) is 2. The summed E-state index contributed by atoms with van der Waals surface area (Å²) in [5, 5.41) is 7.54. The van der Waals surface area contributed by atoms with E-state index in [2.05, 4.69) is 46.4 Å². The van der Waals surface area contributed by atoms with Crippen LogP contribution in [0.15, 0.2) is 36.4 Å². The van der Waals surface area contributed by atoms with E-state index in [0.717, 1.165) is 58.7 Å². The summed E-state index contributed by atoms with van der Waals surface area (Å²) in [4.78, 5) is 81.8. The molecule has 54 heavy (non-hydrogen) atoms. The zero-order chi connectivity index (χ0) is 39.3. The lowest BCUT2D eigenvalue weighted by Gasteiger charge is -2.30. The van der Waals surface area contributed by atoms with Crippen LogP contribution in [0.4, 0.5) is 4.79 Å². The molecule has 2 saturated heterocycles. The highest BCUT2D eigenvalue weighted by Gasteiger charge is 2.40. The Morgan fingerprint density at radius 2 is 1.20 bits per heavy atom. The van der Waals surface area contributed by atoms with Crippen LogP contribution in [-0.2, 0) is 48.1 Å². The van der Waals surface area contributed by atoms with E-state index in [1.165, 1.54) is 14.0 Å². The normalized spacial score (nSPS) is 18.4. The molecule has 0 saturated carbocycles. The van der Waals surface area contributed by atoms with E-state index in [1.54, 1.807) is 9.80 Å². The molecule has 0 radical (unpaired) electrons. The van der Waals surface area contributed by atoms with Gasteiger partial charge in [-0.05, 0) is 67.2 Å². The number of aryl methyl sites for hydroxylation is 1. The molecule has 3 aromatic rings. The third-order valence-electron chi connectivity index (χ3n) is 11.0. The minimum atomic E-state index is -0.788. The van der Waals surface area contributed by atoms with Gasteiger partial charge in [-0.3, -0.25) is 24.0 Å². The van der Waals surface area contributed by atoms with E-state index in [4.69, 9.17) is 4.74 Å². The van der Waals surface area contributed by atoms with Crippen LogP contribution in [0.3, 0.4) is 0 Å². The largest absolute Gasteiger partial charge is 0.453 e. The number of ether oxygens (including phenoxy) is 1. The topological polar surface area (TPSA) is 147 Å². The molecule has 4 atom stereocenters. The summed E-state index contributed by atoms with van der Waals surface area (Å²) in [6.45, 7) is 12.8. The molecule has 0 bridgehead atoms. The van der Waals surface area contributed by atoms with E-state index >= 15 is 0 Å². The molecule has 2 aliphatic rings. The van der Waals surface area contributed by atoms with E-state index in [0.29, 0.717) is 32.4 Å². The lowest BCUT2D eigenvalue weighted by molar-refractivity contribution is -0.141. The molecular formula is C42H57N5O7. The van der Waals surface area contributed by atoms with Gasteiger partial charge in [0.15, 0.2) is 11.6 Å². The molecule has 2 aromatic carbocycles. The summed E-state index contributed by atoms with van der Waals surface area (Å²) >= 11 is 0. The summed E-state index contributed by atoms with van der Waals surface area (Å²) < 4.78 is 7.02. The van der Waals surface area contributed by atoms with Crippen molar-refractivity contribution in [1.82, 2.24) is 25.0 Å². The number of benzene rings is 2. The number of unbranched alkanes of at least 4 members (excludes halogenated alkanes) is 1. The molecule has 2 fully saturated rings. The molecule has 0 aliphatic carbocycles. The monoisotopic (exact) mass is 743 g/mol. The molecule has 4 amide bonds. The summed E-state index contributed by atoms with van der Waals surface area (Å²) in [7, 11) is 1.26. The number of alkyl carbamates (subject to hydrolysis) is 1. The number of likely N-dealkylation sites (tertiary alicyclic amines) is 2. The number of aromatic nitrogens is 1. The molecule has 0 spiro atoms. The zero-order valence-electron chi connectivity index (χ0n) is 32.9. The number of nitrogens with zero attached hydrogens (tertiary/aromatic N) is 3. The van der Waals surface area contributed by atoms with Gasteiger partial charge < -0.3 is 29.7 Å². The predicted octanol–water partition coefficient (Wildman–Crippen LogP) is 5.34. The third kappa shape index (κ3) is 8.79. The number of ketones is 2. The fraction of sp³-hybridized carbons (Fsp3) is 0.571. The van der Waals surface area contributed by atoms with Gasteiger partial charge in [0.25, 0.3) is 0 Å². The van der Waals surface area contributed by atoms with Crippen molar-refractivity contribution in [2.75, 3.05) is 20.2 Å². The molecule has 2 N–H and O–H groups in total. The Hall–Kier alpha value is -4.74. The first kappa shape index (κ1) is 40.4. The van der Waals surface area contributed by atoms with Gasteiger partial charge in [-0.25, -0.2) is 4.79 Å². The second-order valence-corrected chi connectivity index (χ2v) is 15.7. The molecule has 5 rings (SSSR count). The molecule has 1 unspecified atom stereocenters. The van der Waals surface area contributed by atoms with Crippen LogP contribution in [0.1, 0.15) is 91.2 Å². The van der Waals surface area contributed by atoms with Crippen LogP contribution < -0.4 is 10.6 Å². The molecule has 292 valence electrons. The first-order valence-electron chi connectivity index (χ1n) is 19.6. The smallest absolute Gasteiger partial charge is 0.407 e. The highest BCUT2D eigenvalue weighted by molar-refractivity contribution is 6.09. The average Bonchev–Trinajstić information content (AvgIpc) is 3.89. The van der Waals surface area contributed by atoms with Gasteiger partial charge in [-0.1, -0.05) is 65.3 Å². The van der Waals surface area contributed by atoms with Crippen molar-refractivity contribution in [3.8, 4) is 0 Å². The SMILES string of the molecule is CCCCn1c2cc(CC(=O)C3CCCN3C(=O)[C@@H](NC(C)=O)C(C)C)ccc2c2ccc(CC(=O)[C@@H]3CCCN3C(=O)[C@@H](NC(=O)OC)C(C)C)cc21. The van der Waals surface area contributed by atoms with Gasteiger partial charge in [-0.15, -0.1) is 0 Å². The lowest BCUT2D eigenvalue weighted by Crippen LogP contribution is -2.53. The van der Waals surface area contributed by atoms with Crippen LogP contribution in [0.2, 0.25) is 0 Å². The van der Waals surface area contributed by atoms with Crippen LogP contribution >= 0.6 is 0 Å². The Morgan fingerprint density at radius 1 is 0.741 bits per heavy atom. The second kappa shape index (κ2) is 17.6. The second-order valence-electron chi connectivity index (χ2n) is 15.7.